The molecule has 1 aliphatic heterocycles. The lowest BCUT2D eigenvalue weighted by Gasteiger charge is -2.30. The van der Waals surface area contributed by atoms with Crippen molar-refractivity contribution in [2.75, 3.05) is 16.8 Å². The van der Waals surface area contributed by atoms with Crippen molar-refractivity contribution in [2.45, 2.75) is 6.54 Å². The van der Waals surface area contributed by atoms with E-state index in [1.165, 1.54) is 12.1 Å². The van der Waals surface area contributed by atoms with Gasteiger partial charge in [-0.05, 0) is 17.7 Å². The van der Waals surface area contributed by atoms with Gasteiger partial charge in [-0.25, -0.2) is 0 Å². The lowest BCUT2D eigenvalue weighted by molar-refractivity contribution is -0.384. The molecule has 0 unspecified atom stereocenters. The fourth-order valence-corrected chi connectivity index (χ4v) is 2.34. The topological polar surface area (TPSA) is 75.5 Å². The third kappa shape index (κ3) is 2.55. The Bertz CT molecular complexity index is 698. The first-order valence-corrected chi connectivity index (χ1v) is 6.52. The molecule has 1 aliphatic rings. The molecule has 0 fully saturated rings. The zero-order valence-corrected chi connectivity index (χ0v) is 11.2. The van der Waals surface area contributed by atoms with Crippen LogP contribution >= 0.6 is 0 Å². The number of anilines is 2. The molecule has 0 radical (unpaired) electrons. The summed E-state index contributed by atoms with van der Waals surface area (Å²) in [6.07, 6.45) is 0. The van der Waals surface area contributed by atoms with Crippen LogP contribution in [0.1, 0.15) is 5.56 Å². The van der Waals surface area contributed by atoms with Gasteiger partial charge in [-0.3, -0.25) is 14.9 Å². The summed E-state index contributed by atoms with van der Waals surface area (Å²) in [5, 5.41) is 13.7. The van der Waals surface area contributed by atoms with Crippen LogP contribution in [-0.4, -0.2) is 17.4 Å². The van der Waals surface area contributed by atoms with Crippen molar-refractivity contribution in [3.05, 3.63) is 64.2 Å². The van der Waals surface area contributed by atoms with Crippen molar-refractivity contribution in [3.63, 3.8) is 0 Å². The molecule has 0 saturated heterocycles. The number of carbonyl (C=O) groups excluding carboxylic acids is 1. The second kappa shape index (κ2) is 5.24. The molecule has 0 saturated carbocycles. The van der Waals surface area contributed by atoms with E-state index in [4.69, 9.17) is 0 Å². The van der Waals surface area contributed by atoms with Crippen LogP contribution in [0.15, 0.2) is 48.5 Å². The minimum Gasteiger partial charge on any atom is -0.374 e. The average molecular weight is 283 g/mol. The van der Waals surface area contributed by atoms with Gasteiger partial charge in [0.05, 0.1) is 29.4 Å². The van der Waals surface area contributed by atoms with Crippen LogP contribution in [0.2, 0.25) is 0 Å². The third-order valence-electron chi connectivity index (χ3n) is 3.41. The van der Waals surface area contributed by atoms with Gasteiger partial charge in [-0.15, -0.1) is 0 Å². The Kier molecular flexibility index (Phi) is 3.27. The fraction of sp³-hybridized carbons (Fsp3) is 0.133. The zero-order chi connectivity index (χ0) is 14.8. The van der Waals surface area contributed by atoms with Crippen molar-refractivity contribution in [2.24, 2.45) is 0 Å². The van der Waals surface area contributed by atoms with Crippen LogP contribution in [0.4, 0.5) is 17.1 Å². The second-order valence-electron chi connectivity index (χ2n) is 4.77. The van der Waals surface area contributed by atoms with E-state index >= 15 is 0 Å². The molecule has 1 N–H and O–H groups in total. The second-order valence-corrected chi connectivity index (χ2v) is 4.77. The number of rotatable bonds is 3. The Labute approximate surface area is 121 Å². The van der Waals surface area contributed by atoms with Crippen molar-refractivity contribution in [1.82, 2.24) is 0 Å². The van der Waals surface area contributed by atoms with Gasteiger partial charge in [0.2, 0.25) is 5.91 Å². The van der Waals surface area contributed by atoms with Crippen molar-refractivity contribution in [3.8, 4) is 0 Å². The van der Waals surface area contributed by atoms with E-state index in [0.29, 0.717) is 6.54 Å². The number of non-ortho nitro benzene ring substituents is 1. The molecule has 6 nitrogen and oxygen atoms in total. The van der Waals surface area contributed by atoms with Gasteiger partial charge in [0.1, 0.15) is 0 Å². The largest absolute Gasteiger partial charge is 0.374 e. The van der Waals surface area contributed by atoms with Gasteiger partial charge in [0, 0.05) is 12.1 Å². The van der Waals surface area contributed by atoms with E-state index in [-0.39, 0.29) is 18.1 Å². The number of hydrogen-bond donors (Lipinski definition) is 1. The smallest absolute Gasteiger partial charge is 0.269 e. The number of hydrogen-bond acceptors (Lipinski definition) is 4. The molecule has 2 aromatic carbocycles. The summed E-state index contributed by atoms with van der Waals surface area (Å²) < 4.78 is 0. The van der Waals surface area contributed by atoms with E-state index in [0.717, 1.165) is 16.9 Å². The summed E-state index contributed by atoms with van der Waals surface area (Å²) in [6.45, 7) is 0.652. The lowest BCUT2D eigenvalue weighted by atomic mass is 10.1. The number of fused-ring (bicyclic) bond motifs is 1. The molecule has 1 heterocycles. The molecular weight excluding hydrogens is 270 g/mol. The summed E-state index contributed by atoms with van der Waals surface area (Å²) in [6, 6.07) is 13.8. The van der Waals surface area contributed by atoms with E-state index in [2.05, 4.69) is 5.32 Å². The van der Waals surface area contributed by atoms with Gasteiger partial charge >= 0.3 is 0 Å². The first-order valence-electron chi connectivity index (χ1n) is 6.52. The predicted molar refractivity (Wildman–Crippen MR) is 79.2 cm³/mol. The van der Waals surface area contributed by atoms with Crippen molar-refractivity contribution in [1.29, 1.82) is 0 Å². The normalized spacial score (nSPS) is 13.5. The van der Waals surface area contributed by atoms with E-state index in [1.54, 1.807) is 17.0 Å². The summed E-state index contributed by atoms with van der Waals surface area (Å²) >= 11 is 0. The Morgan fingerprint density at radius 1 is 1.14 bits per heavy atom. The highest BCUT2D eigenvalue weighted by atomic mass is 16.6. The minimum atomic E-state index is -0.435. The molecule has 0 bridgehead atoms. The molecule has 6 heteroatoms. The first-order chi connectivity index (χ1) is 10.1. The zero-order valence-electron chi connectivity index (χ0n) is 11.2. The fourth-order valence-electron chi connectivity index (χ4n) is 2.34. The van der Waals surface area contributed by atoms with Crippen LogP contribution in [0.25, 0.3) is 0 Å². The van der Waals surface area contributed by atoms with Gasteiger partial charge in [-0.2, -0.15) is 0 Å². The molecule has 106 valence electrons. The Hall–Kier alpha value is -2.89. The van der Waals surface area contributed by atoms with Gasteiger partial charge in [-0.1, -0.05) is 24.3 Å². The molecule has 0 aromatic heterocycles. The average Bonchev–Trinajstić information content (AvgIpc) is 2.51. The van der Waals surface area contributed by atoms with Crippen LogP contribution in [-0.2, 0) is 11.3 Å². The molecule has 2 aromatic rings. The number of nitrogens with zero attached hydrogens (tertiary/aromatic N) is 2. The molecule has 0 atom stereocenters. The standard InChI is InChI=1S/C15H13N3O3/c19-15-9-16-13-3-1-2-4-14(13)17(15)10-11-5-7-12(8-6-11)18(20)21/h1-8,16H,9-10H2. The minimum absolute atomic E-state index is 0.0212. The monoisotopic (exact) mass is 283 g/mol. The van der Waals surface area contributed by atoms with Crippen LogP contribution in [0, 0.1) is 10.1 Å². The SMILES string of the molecule is O=C1CNc2ccccc2N1Cc1ccc([N+](=O)[O-])cc1. The van der Waals surface area contributed by atoms with E-state index in [1.807, 2.05) is 24.3 Å². The Morgan fingerprint density at radius 3 is 2.57 bits per heavy atom. The number of amides is 1. The van der Waals surface area contributed by atoms with E-state index in [9.17, 15) is 14.9 Å². The lowest BCUT2D eigenvalue weighted by Crippen LogP contribution is -2.39. The molecule has 0 spiro atoms. The predicted octanol–water partition coefficient (Wildman–Crippen LogP) is 2.55. The van der Waals surface area contributed by atoms with Gasteiger partial charge < -0.3 is 10.2 Å². The maximum atomic E-state index is 12.1. The molecular formula is C15H13N3O3. The molecule has 0 aliphatic carbocycles. The molecule has 3 rings (SSSR count). The number of para-hydroxylation sites is 2. The Morgan fingerprint density at radius 2 is 1.86 bits per heavy atom. The number of carbonyl (C=O) groups is 1. The number of nitrogens with one attached hydrogen (secondary N) is 1. The highest BCUT2D eigenvalue weighted by Crippen LogP contribution is 2.30. The van der Waals surface area contributed by atoms with Crippen LogP contribution in [0.3, 0.4) is 0 Å². The maximum Gasteiger partial charge on any atom is 0.269 e. The third-order valence-corrected chi connectivity index (χ3v) is 3.41. The van der Waals surface area contributed by atoms with Gasteiger partial charge in [0.15, 0.2) is 0 Å². The Balaban J connectivity index is 1.87. The van der Waals surface area contributed by atoms with Gasteiger partial charge in [0.25, 0.3) is 5.69 Å². The molecule has 21 heavy (non-hydrogen) atoms. The first kappa shape index (κ1) is 13.1. The van der Waals surface area contributed by atoms with E-state index < -0.39 is 4.92 Å². The maximum absolute atomic E-state index is 12.1. The summed E-state index contributed by atoms with van der Waals surface area (Å²) in [4.78, 5) is 24.0. The van der Waals surface area contributed by atoms with Crippen molar-refractivity contribution >= 4 is 23.0 Å². The number of nitro groups is 1. The molecule has 1 amide bonds. The summed E-state index contributed by atoms with van der Waals surface area (Å²) in [5.74, 6) is -0.0212. The number of nitro benzene ring substituents is 1. The van der Waals surface area contributed by atoms with Crippen LogP contribution in [0.5, 0.6) is 0 Å². The highest BCUT2D eigenvalue weighted by Gasteiger charge is 2.23. The summed E-state index contributed by atoms with van der Waals surface area (Å²) in [7, 11) is 0. The van der Waals surface area contributed by atoms with Crippen molar-refractivity contribution < 1.29 is 9.72 Å². The quantitative estimate of drug-likeness (QED) is 0.694. The summed E-state index contributed by atoms with van der Waals surface area (Å²) in [5.41, 5.74) is 2.64. The van der Waals surface area contributed by atoms with Crippen LogP contribution < -0.4 is 10.2 Å². The highest BCUT2D eigenvalue weighted by molar-refractivity contribution is 6.02. The number of benzene rings is 2.